The highest BCUT2D eigenvalue weighted by Crippen LogP contribution is 2.13. The molecule has 0 atom stereocenters. The van der Waals surface area contributed by atoms with Crippen molar-refractivity contribution in [2.24, 2.45) is 0 Å². The number of nitrogens with one attached hydrogen (secondary N) is 1. The topological polar surface area (TPSA) is 51.0 Å². The number of nitrogens with zero attached hydrogens (tertiary/aromatic N) is 2. The minimum atomic E-state index is -0.241. The Kier molecular flexibility index (Phi) is 3.92. The zero-order valence-electron chi connectivity index (χ0n) is 10.5. The van der Waals surface area contributed by atoms with Gasteiger partial charge in [-0.3, -0.25) is 0 Å². The van der Waals surface area contributed by atoms with Crippen LogP contribution in [-0.4, -0.2) is 10.2 Å². The van der Waals surface area contributed by atoms with Crippen molar-refractivity contribution in [3.05, 3.63) is 41.0 Å². The molecule has 1 heterocycles. The molecule has 0 fully saturated rings. The summed E-state index contributed by atoms with van der Waals surface area (Å²) in [6.45, 7) is 4.46. The lowest BCUT2D eigenvalue weighted by atomic mass is 10.1. The maximum atomic E-state index is 13.1. The van der Waals surface area contributed by atoms with Gasteiger partial charge in [0.2, 0.25) is 5.89 Å². The zero-order valence-corrected chi connectivity index (χ0v) is 10.5. The third kappa shape index (κ3) is 3.06. The van der Waals surface area contributed by atoms with Crippen LogP contribution < -0.4 is 5.32 Å². The van der Waals surface area contributed by atoms with Crippen molar-refractivity contribution >= 4 is 6.01 Å². The molecule has 1 aromatic carbocycles. The number of halogens is 1. The molecule has 0 saturated heterocycles. The number of hydrogen-bond donors (Lipinski definition) is 1. The number of aryl methyl sites for hydroxylation is 2. The number of anilines is 1. The van der Waals surface area contributed by atoms with Crippen LogP contribution in [0.1, 0.15) is 30.4 Å². The van der Waals surface area contributed by atoms with E-state index in [4.69, 9.17) is 4.42 Å². The summed E-state index contributed by atoms with van der Waals surface area (Å²) in [5, 5.41) is 10.8. The van der Waals surface area contributed by atoms with Gasteiger partial charge in [-0.2, -0.15) is 0 Å². The van der Waals surface area contributed by atoms with Crippen LogP contribution in [0.25, 0.3) is 0 Å². The first-order valence-electron chi connectivity index (χ1n) is 6.00. The number of benzene rings is 1. The molecule has 0 unspecified atom stereocenters. The van der Waals surface area contributed by atoms with Crippen molar-refractivity contribution in [3.63, 3.8) is 0 Å². The Morgan fingerprint density at radius 1 is 1.33 bits per heavy atom. The van der Waals surface area contributed by atoms with Crippen LogP contribution >= 0.6 is 0 Å². The third-order valence-corrected chi connectivity index (χ3v) is 2.67. The first-order valence-corrected chi connectivity index (χ1v) is 6.00. The van der Waals surface area contributed by atoms with Crippen molar-refractivity contribution in [1.29, 1.82) is 0 Å². The number of hydrogen-bond acceptors (Lipinski definition) is 4. The Morgan fingerprint density at radius 3 is 2.94 bits per heavy atom. The minimum Gasteiger partial charge on any atom is -0.408 e. The van der Waals surface area contributed by atoms with Crippen LogP contribution in [0.4, 0.5) is 10.4 Å². The molecular weight excluding hydrogens is 233 g/mol. The second kappa shape index (κ2) is 5.62. The van der Waals surface area contributed by atoms with Gasteiger partial charge in [-0.05, 0) is 36.6 Å². The molecule has 2 aromatic rings. The molecule has 5 heteroatoms. The van der Waals surface area contributed by atoms with Crippen LogP contribution in [-0.2, 0) is 13.0 Å². The fourth-order valence-corrected chi connectivity index (χ4v) is 1.64. The highest BCUT2D eigenvalue weighted by atomic mass is 19.1. The van der Waals surface area contributed by atoms with Crippen LogP contribution in [0.15, 0.2) is 22.6 Å². The fourth-order valence-electron chi connectivity index (χ4n) is 1.64. The average molecular weight is 249 g/mol. The van der Waals surface area contributed by atoms with Crippen molar-refractivity contribution in [3.8, 4) is 0 Å². The van der Waals surface area contributed by atoms with Crippen LogP contribution in [0.2, 0.25) is 0 Å². The molecule has 0 saturated carbocycles. The highest BCUT2D eigenvalue weighted by molar-refractivity contribution is 5.30. The Labute approximate surface area is 105 Å². The molecule has 96 valence electrons. The monoisotopic (exact) mass is 249 g/mol. The van der Waals surface area contributed by atoms with E-state index in [2.05, 4.69) is 15.5 Å². The van der Waals surface area contributed by atoms with E-state index in [0.717, 1.165) is 24.0 Å². The number of rotatable bonds is 5. The molecule has 0 aliphatic rings. The normalized spacial score (nSPS) is 10.6. The Morgan fingerprint density at radius 2 is 2.17 bits per heavy atom. The molecule has 0 bridgehead atoms. The van der Waals surface area contributed by atoms with Crippen molar-refractivity contribution in [2.45, 2.75) is 33.2 Å². The van der Waals surface area contributed by atoms with Crippen molar-refractivity contribution in [2.75, 3.05) is 5.32 Å². The lowest BCUT2D eigenvalue weighted by Gasteiger charge is -2.05. The lowest BCUT2D eigenvalue weighted by molar-refractivity contribution is 0.501. The summed E-state index contributed by atoms with van der Waals surface area (Å²) >= 11 is 0. The Hall–Kier alpha value is -1.91. The summed E-state index contributed by atoms with van der Waals surface area (Å²) in [6, 6.07) is 5.08. The summed E-state index contributed by atoms with van der Waals surface area (Å²) in [5.74, 6) is 0.380. The van der Waals surface area contributed by atoms with Gasteiger partial charge in [0.15, 0.2) is 0 Å². The standard InChI is InChI=1S/C13H16FN3O/c1-3-4-12-16-17-13(18-12)15-8-10-7-11(14)6-5-9(10)2/h5-7H,3-4,8H2,1-2H3,(H,15,17). The van der Waals surface area contributed by atoms with Gasteiger partial charge in [-0.25, -0.2) is 4.39 Å². The van der Waals surface area contributed by atoms with E-state index in [-0.39, 0.29) is 5.82 Å². The van der Waals surface area contributed by atoms with E-state index >= 15 is 0 Å². The molecule has 0 spiro atoms. The molecule has 4 nitrogen and oxygen atoms in total. The van der Waals surface area contributed by atoms with Gasteiger partial charge in [0.1, 0.15) is 5.82 Å². The van der Waals surface area contributed by atoms with E-state index in [1.54, 1.807) is 6.07 Å². The van der Waals surface area contributed by atoms with Crippen molar-refractivity contribution in [1.82, 2.24) is 10.2 Å². The smallest absolute Gasteiger partial charge is 0.315 e. The van der Waals surface area contributed by atoms with E-state index < -0.39 is 0 Å². The van der Waals surface area contributed by atoms with Gasteiger partial charge >= 0.3 is 6.01 Å². The Balaban J connectivity index is 1.99. The first kappa shape index (κ1) is 12.5. The molecule has 0 amide bonds. The van der Waals surface area contributed by atoms with Gasteiger partial charge in [0.05, 0.1) is 0 Å². The predicted molar refractivity (Wildman–Crippen MR) is 66.8 cm³/mol. The maximum absolute atomic E-state index is 13.1. The summed E-state index contributed by atoms with van der Waals surface area (Å²) < 4.78 is 18.5. The zero-order chi connectivity index (χ0) is 13.0. The molecular formula is C13H16FN3O. The summed E-state index contributed by atoms with van der Waals surface area (Å²) in [6.07, 6.45) is 1.73. The highest BCUT2D eigenvalue weighted by Gasteiger charge is 2.06. The van der Waals surface area contributed by atoms with E-state index in [9.17, 15) is 4.39 Å². The fraction of sp³-hybridized carbons (Fsp3) is 0.385. The summed E-state index contributed by atoms with van der Waals surface area (Å²) in [7, 11) is 0. The van der Waals surface area contributed by atoms with Crippen LogP contribution in [0.5, 0.6) is 0 Å². The lowest BCUT2D eigenvalue weighted by Crippen LogP contribution is -2.02. The minimum absolute atomic E-state index is 0.241. The second-order valence-corrected chi connectivity index (χ2v) is 4.18. The van der Waals surface area contributed by atoms with Gasteiger partial charge in [0, 0.05) is 13.0 Å². The van der Waals surface area contributed by atoms with Crippen LogP contribution in [0, 0.1) is 12.7 Å². The van der Waals surface area contributed by atoms with E-state index in [1.807, 2.05) is 13.8 Å². The average Bonchev–Trinajstić information content (AvgIpc) is 2.79. The SMILES string of the molecule is CCCc1nnc(NCc2cc(F)ccc2C)o1. The second-order valence-electron chi connectivity index (χ2n) is 4.18. The molecule has 1 aromatic heterocycles. The summed E-state index contributed by atoms with van der Waals surface area (Å²) in [5.41, 5.74) is 1.91. The van der Waals surface area contributed by atoms with Gasteiger partial charge in [-0.1, -0.05) is 18.1 Å². The van der Waals surface area contributed by atoms with Gasteiger partial charge in [-0.15, -0.1) is 5.10 Å². The summed E-state index contributed by atoms with van der Waals surface area (Å²) in [4.78, 5) is 0. The number of aromatic nitrogens is 2. The van der Waals surface area contributed by atoms with E-state index in [0.29, 0.717) is 18.5 Å². The molecule has 0 aliphatic carbocycles. The first-order chi connectivity index (χ1) is 8.69. The van der Waals surface area contributed by atoms with E-state index in [1.165, 1.54) is 12.1 Å². The predicted octanol–water partition coefficient (Wildman–Crippen LogP) is 3.08. The largest absolute Gasteiger partial charge is 0.408 e. The third-order valence-electron chi connectivity index (χ3n) is 2.67. The van der Waals surface area contributed by atoms with Crippen molar-refractivity contribution < 1.29 is 8.81 Å². The molecule has 18 heavy (non-hydrogen) atoms. The van der Waals surface area contributed by atoms with Crippen LogP contribution in [0.3, 0.4) is 0 Å². The molecule has 2 rings (SSSR count). The maximum Gasteiger partial charge on any atom is 0.315 e. The van der Waals surface area contributed by atoms with Gasteiger partial charge < -0.3 is 9.73 Å². The Bertz CT molecular complexity index is 525. The van der Waals surface area contributed by atoms with Gasteiger partial charge in [0.25, 0.3) is 0 Å². The molecule has 1 N–H and O–H groups in total. The molecule has 0 radical (unpaired) electrons. The molecule has 0 aliphatic heterocycles. The quantitative estimate of drug-likeness (QED) is 0.884.